The monoisotopic (exact) mass is 697 g/mol. The third-order valence-corrected chi connectivity index (χ3v) is 9.84. The molecule has 1 amide bonds. The quantitative estimate of drug-likeness (QED) is 0.143. The van der Waals surface area contributed by atoms with E-state index in [0.29, 0.717) is 0 Å². The molecule has 3 aliphatic rings. The second-order valence-electron chi connectivity index (χ2n) is 13.4. The SMILES string of the molecule is COC1C=COC2(C)Oc3c(C)c(O)c4c(O)c(cc(O)c4c3C2=O)NC(=O)C(C)=C/C=C/C(C)C(O)C(C)C(O)C(C)C(OC(C)=O)C1C. The zero-order valence-electron chi connectivity index (χ0n) is 29.7. The van der Waals surface area contributed by atoms with Crippen LogP contribution in [0.3, 0.4) is 0 Å². The second kappa shape index (κ2) is 14.7. The molecular formula is C37H47NO12. The van der Waals surface area contributed by atoms with Gasteiger partial charge in [0.25, 0.3) is 11.7 Å². The fraction of sp³-hybridized carbons (Fsp3) is 0.486. The van der Waals surface area contributed by atoms with Crippen LogP contribution in [0, 0.1) is 30.6 Å². The van der Waals surface area contributed by atoms with Crippen LogP contribution in [0.5, 0.6) is 23.0 Å². The minimum Gasteiger partial charge on any atom is -0.507 e. The number of allylic oxidation sites excluding steroid dienone is 2. The topological polar surface area (TPSA) is 201 Å². The fourth-order valence-corrected chi connectivity index (χ4v) is 6.65. The average molecular weight is 698 g/mol. The van der Waals surface area contributed by atoms with E-state index < -0.39 is 88.8 Å². The maximum Gasteiger partial charge on any atom is 0.312 e. The number of methoxy groups -OCH3 is 1. The van der Waals surface area contributed by atoms with Crippen LogP contribution >= 0.6 is 0 Å². The van der Waals surface area contributed by atoms with Crippen LogP contribution in [0.4, 0.5) is 5.69 Å². The molecule has 9 unspecified atom stereocenters. The number of hydrogen-bond acceptors (Lipinski definition) is 12. The number of benzene rings is 2. The zero-order valence-corrected chi connectivity index (χ0v) is 29.7. The molecule has 2 aromatic carbocycles. The molecule has 13 heteroatoms. The van der Waals surface area contributed by atoms with E-state index >= 15 is 0 Å². The number of fused-ring (bicyclic) bond motifs is 14. The number of amides is 1. The average Bonchev–Trinajstić information content (AvgIpc) is 3.33. The first-order chi connectivity index (χ1) is 23.4. The van der Waals surface area contributed by atoms with E-state index in [1.54, 1.807) is 39.8 Å². The van der Waals surface area contributed by atoms with Gasteiger partial charge in [0.1, 0.15) is 23.4 Å². The van der Waals surface area contributed by atoms with Crippen molar-refractivity contribution in [2.24, 2.45) is 23.7 Å². The number of Topliss-reactive ketones (excluding diaryl/α,β-unsaturated/α-hetero) is 1. The summed E-state index contributed by atoms with van der Waals surface area (Å²) < 4.78 is 23.2. The summed E-state index contributed by atoms with van der Waals surface area (Å²) in [6, 6.07) is 1.06. The van der Waals surface area contributed by atoms with Crippen molar-refractivity contribution < 1.29 is 58.9 Å². The van der Waals surface area contributed by atoms with Crippen LogP contribution in [0.15, 0.2) is 42.2 Å². The van der Waals surface area contributed by atoms with Gasteiger partial charge in [0.15, 0.2) is 5.75 Å². The molecule has 0 fully saturated rings. The van der Waals surface area contributed by atoms with Crippen LogP contribution in [-0.4, -0.2) is 80.5 Å². The van der Waals surface area contributed by atoms with Crippen LogP contribution in [0.25, 0.3) is 10.8 Å². The number of ketones is 1. The van der Waals surface area contributed by atoms with Crippen LogP contribution in [-0.2, 0) is 23.8 Å². The second-order valence-corrected chi connectivity index (χ2v) is 13.4. The molecule has 3 heterocycles. The first-order valence-electron chi connectivity index (χ1n) is 16.4. The lowest BCUT2D eigenvalue weighted by atomic mass is 9.78. The Morgan fingerprint density at radius 3 is 2.22 bits per heavy atom. The van der Waals surface area contributed by atoms with Gasteiger partial charge in [-0.25, -0.2) is 0 Å². The van der Waals surface area contributed by atoms with Gasteiger partial charge >= 0.3 is 11.8 Å². The van der Waals surface area contributed by atoms with E-state index in [9.17, 15) is 39.9 Å². The largest absolute Gasteiger partial charge is 0.507 e. The molecule has 272 valence electrons. The lowest BCUT2D eigenvalue weighted by Crippen LogP contribution is -2.46. The summed E-state index contributed by atoms with van der Waals surface area (Å²) >= 11 is 0. The van der Waals surface area contributed by atoms with E-state index in [4.69, 9.17) is 18.9 Å². The molecule has 0 saturated carbocycles. The number of phenols is 3. The Hall–Kier alpha value is -4.59. The lowest BCUT2D eigenvalue weighted by molar-refractivity contribution is -0.160. The third kappa shape index (κ3) is 7.03. The summed E-state index contributed by atoms with van der Waals surface area (Å²) in [6.45, 7) is 12.5. The number of aliphatic hydroxyl groups excluding tert-OH is 2. The van der Waals surface area contributed by atoms with Gasteiger partial charge in [0.2, 0.25) is 0 Å². The van der Waals surface area contributed by atoms with Crippen molar-refractivity contribution in [1.29, 1.82) is 0 Å². The molecule has 6 N–H and O–H groups in total. The Kier molecular flexibility index (Phi) is 11.2. The summed E-state index contributed by atoms with van der Waals surface area (Å²) in [7, 11) is 1.43. The number of carbonyl (C=O) groups is 3. The van der Waals surface area contributed by atoms with Crippen LogP contribution in [0.2, 0.25) is 0 Å². The highest BCUT2D eigenvalue weighted by molar-refractivity contribution is 6.21. The van der Waals surface area contributed by atoms with Crippen molar-refractivity contribution in [3.63, 3.8) is 0 Å². The smallest absolute Gasteiger partial charge is 0.312 e. The van der Waals surface area contributed by atoms with Gasteiger partial charge in [0.05, 0.1) is 41.2 Å². The minimum absolute atomic E-state index is 0.0709. The number of hydrogen-bond donors (Lipinski definition) is 6. The van der Waals surface area contributed by atoms with Crippen LogP contribution in [0.1, 0.15) is 64.4 Å². The number of phenolic OH excluding ortho intramolecular Hbond substituents is 3. The number of carbonyl (C=O) groups excluding carboxylic acids is 3. The number of aromatic hydroxyl groups is 3. The first-order valence-corrected chi connectivity index (χ1v) is 16.4. The van der Waals surface area contributed by atoms with E-state index in [2.05, 4.69) is 5.32 Å². The zero-order chi connectivity index (χ0) is 37.4. The third-order valence-electron chi connectivity index (χ3n) is 9.84. The Morgan fingerprint density at radius 2 is 1.60 bits per heavy atom. The molecular weight excluding hydrogens is 650 g/mol. The number of esters is 1. The van der Waals surface area contributed by atoms with E-state index in [1.165, 1.54) is 53.2 Å². The summed E-state index contributed by atoms with van der Waals surface area (Å²) in [5, 5.41) is 58.2. The highest BCUT2D eigenvalue weighted by Crippen LogP contribution is 2.53. The molecule has 13 nitrogen and oxygen atoms in total. The molecule has 5 rings (SSSR count). The number of nitrogens with one attached hydrogen (secondary N) is 1. The highest BCUT2D eigenvalue weighted by atomic mass is 16.7. The highest BCUT2D eigenvalue weighted by Gasteiger charge is 2.49. The Bertz CT molecular complexity index is 1760. The molecule has 0 aliphatic carbocycles. The molecule has 50 heavy (non-hydrogen) atoms. The molecule has 0 radical (unpaired) electrons. The fourth-order valence-electron chi connectivity index (χ4n) is 6.65. The number of anilines is 1. The maximum absolute atomic E-state index is 13.9. The summed E-state index contributed by atoms with van der Waals surface area (Å²) in [6.07, 6.45) is 3.62. The van der Waals surface area contributed by atoms with Crippen molar-refractivity contribution in [3.8, 4) is 23.0 Å². The summed E-state index contributed by atoms with van der Waals surface area (Å²) in [4.78, 5) is 39.2. The van der Waals surface area contributed by atoms with E-state index in [1.807, 2.05) is 0 Å². The van der Waals surface area contributed by atoms with Crippen molar-refractivity contribution >= 4 is 34.1 Å². The molecule has 0 spiro atoms. The van der Waals surface area contributed by atoms with Crippen LogP contribution < -0.4 is 10.1 Å². The van der Waals surface area contributed by atoms with Gasteiger partial charge in [-0.05, 0) is 19.9 Å². The van der Waals surface area contributed by atoms with Crippen molar-refractivity contribution in [1.82, 2.24) is 0 Å². The van der Waals surface area contributed by atoms with Crippen molar-refractivity contribution in [3.05, 3.63) is 53.3 Å². The molecule has 0 aromatic heterocycles. The van der Waals surface area contributed by atoms with E-state index in [0.717, 1.165) is 6.07 Å². The minimum atomic E-state index is -1.98. The predicted molar refractivity (Wildman–Crippen MR) is 184 cm³/mol. The van der Waals surface area contributed by atoms with Gasteiger partial charge < -0.3 is 49.8 Å². The standard InChI is InChI=1S/C37H47NO12/c1-16-11-10-12-17(2)36(46)38-23-15-24(40)26-27(32(23)44)31(43)21(6)34-28(26)35(45)37(8,50-34)48-14-13-25(47-9)18(3)33(49-22(7)39)20(5)30(42)19(4)29(16)41/h10-16,18-20,25,29-30,33,40-44H,1-9H3,(H,38,46)/b11-10+,14-13?,17-12?. The molecule has 0 saturated heterocycles. The first kappa shape index (κ1) is 38.2. The number of aliphatic hydroxyl groups is 2. The number of rotatable bonds is 2. The maximum atomic E-state index is 13.9. The van der Waals surface area contributed by atoms with Gasteiger partial charge in [-0.3, -0.25) is 14.4 Å². The predicted octanol–water partition coefficient (Wildman–Crippen LogP) is 4.75. The van der Waals surface area contributed by atoms with Crippen molar-refractivity contribution in [2.45, 2.75) is 85.6 Å². The lowest BCUT2D eigenvalue weighted by Gasteiger charge is -2.38. The Morgan fingerprint density at radius 1 is 0.940 bits per heavy atom. The van der Waals surface area contributed by atoms with Gasteiger partial charge in [-0.1, -0.05) is 45.9 Å². The normalized spacial score (nSPS) is 31.5. The summed E-state index contributed by atoms with van der Waals surface area (Å²) in [5.74, 6) is -7.99. The molecule has 2 aromatic rings. The summed E-state index contributed by atoms with van der Waals surface area (Å²) in [5.41, 5.74) is -0.0929. The molecule has 3 aliphatic heterocycles. The van der Waals surface area contributed by atoms with Crippen molar-refractivity contribution in [2.75, 3.05) is 12.4 Å². The number of ether oxygens (including phenoxy) is 4. The molecule has 5 bridgehead atoms. The van der Waals surface area contributed by atoms with Gasteiger partial charge in [-0.2, -0.15) is 0 Å². The van der Waals surface area contributed by atoms with Gasteiger partial charge in [0, 0.05) is 67.2 Å². The van der Waals surface area contributed by atoms with E-state index in [-0.39, 0.29) is 38.9 Å². The Balaban J connectivity index is 1.87. The van der Waals surface area contributed by atoms with Gasteiger partial charge in [-0.15, -0.1) is 0 Å². The molecule has 9 atom stereocenters. The Labute approximate surface area is 290 Å².